The number of benzene rings is 3. The number of aliphatic hydroxyl groups is 1. The van der Waals surface area contributed by atoms with Gasteiger partial charge >= 0.3 is 6.09 Å². The Morgan fingerprint density at radius 1 is 0.921 bits per heavy atom. The van der Waals surface area contributed by atoms with Crippen LogP contribution in [-0.4, -0.2) is 40.1 Å². The van der Waals surface area contributed by atoms with E-state index >= 15 is 0 Å². The molecule has 0 bridgehead atoms. The largest absolute Gasteiger partial charge is 0.436 e. The Kier molecular flexibility index (Phi) is 8.69. The number of amides is 2. The molecule has 0 radical (unpaired) electrons. The molecule has 38 heavy (non-hydrogen) atoms. The van der Waals surface area contributed by atoms with Gasteiger partial charge in [-0.05, 0) is 53.9 Å². The third-order valence-corrected chi connectivity index (χ3v) is 6.22. The number of nitrogen functional groups attached to an aromatic ring is 1. The average molecular weight is 511 g/mol. The average Bonchev–Trinajstić information content (AvgIpc) is 2.96. The summed E-state index contributed by atoms with van der Waals surface area (Å²) in [4.78, 5) is 31.8. The summed E-state index contributed by atoms with van der Waals surface area (Å²) in [7, 11) is 0. The normalized spacial score (nSPS) is 12.3. The second-order valence-electron chi connectivity index (χ2n) is 8.72. The summed E-state index contributed by atoms with van der Waals surface area (Å²) in [6.07, 6.45) is 2.04. The third kappa shape index (κ3) is 6.35. The lowest BCUT2D eigenvalue weighted by atomic mass is 10.00. The summed E-state index contributed by atoms with van der Waals surface area (Å²) in [5.41, 5.74) is 9.66. The van der Waals surface area contributed by atoms with Crippen molar-refractivity contribution in [2.45, 2.75) is 19.1 Å². The van der Waals surface area contributed by atoms with Gasteiger partial charge in [0.2, 0.25) is 0 Å². The molecule has 4 aromatic rings. The van der Waals surface area contributed by atoms with Gasteiger partial charge in [-0.2, -0.15) is 0 Å². The Morgan fingerprint density at radius 3 is 2.24 bits per heavy atom. The molecule has 1 heterocycles. The predicted molar refractivity (Wildman–Crippen MR) is 146 cm³/mol. The first kappa shape index (κ1) is 26.4. The number of carbonyl (C=O) groups excluding carboxylic acids is 2. The zero-order valence-corrected chi connectivity index (χ0v) is 21.0. The van der Waals surface area contributed by atoms with E-state index in [-0.39, 0.29) is 25.1 Å². The number of rotatable bonds is 9. The second-order valence-corrected chi connectivity index (χ2v) is 8.72. The van der Waals surface area contributed by atoms with Crippen molar-refractivity contribution in [1.29, 1.82) is 0 Å². The summed E-state index contributed by atoms with van der Waals surface area (Å²) >= 11 is 0. The van der Waals surface area contributed by atoms with Crippen LogP contribution in [0.15, 0.2) is 103 Å². The van der Waals surface area contributed by atoms with Gasteiger partial charge in [-0.3, -0.25) is 14.7 Å². The highest BCUT2D eigenvalue weighted by Gasteiger charge is 2.27. The molecule has 0 aliphatic heterocycles. The van der Waals surface area contributed by atoms with Gasteiger partial charge in [0.25, 0.3) is 5.91 Å². The Labute approximate surface area is 221 Å². The highest BCUT2D eigenvalue weighted by Crippen LogP contribution is 2.29. The maximum Gasteiger partial charge on any atom is 0.411 e. The molecule has 0 spiro atoms. The van der Waals surface area contributed by atoms with Gasteiger partial charge in [0.1, 0.15) is 0 Å². The van der Waals surface area contributed by atoms with Crippen LogP contribution in [-0.2, 0) is 4.74 Å². The van der Waals surface area contributed by atoms with Crippen molar-refractivity contribution in [1.82, 2.24) is 9.88 Å². The fourth-order valence-electron chi connectivity index (χ4n) is 4.09. The smallest absolute Gasteiger partial charge is 0.411 e. The molecule has 8 nitrogen and oxygen atoms in total. The quantitative estimate of drug-likeness (QED) is 0.267. The molecule has 3 aromatic carbocycles. The zero-order chi connectivity index (χ0) is 26.9. The molecule has 0 fully saturated rings. The number of hydrogen-bond donors (Lipinski definition) is 3. The minimum Gasteiger partial charge on any atom is -0.436 e. The van der Waals surface area contributed by atoms with Crippen LogP contribution in [0.1, 0.15) is 46.1 Å². The van der Waals surface area contributed by atoms with E-state index in [2.05, 4.69) is 10.3 Å². The number of pyridine rings is 1. The maximum atomic E-state index is 13.4. The molecule has 0 aliphatic rings. The molecule has 1 aromatic heterocycles. The van der Waals surface area contributed by atoms with Gasteiger partial charge in [0.05, 0.1) is 24.0 Å². The van der Waals surface area contributed by atoms with E-state index in [1.807, 2.05) is 43.3 Å². The van der Waals surface area contributed by atoms with Crippen molar-refractivity contribution in [3.05, 3.63) is 126 Å². The number of carbonyl (C=O) groups is 2. The van der Waals surface area contributed by atoms with Crippen LogP contribution in [0.4, 0.5) is 16.2 Å². The van der Waals surface area contributed by atoms with Gasteiger partial charge in [0.15, 0.2) is 6.10 Å². The Hall–Kier alpha value is -4.69. The van der Waals surface area contributed by atoms with Gasteiger partial charge in [-0.15, -0.1) is 0 Å². The Balaban J connectivity index is 1.57. The fraction of sp³-hybridized carbons (Fsp3) is 0.167. The molecule has 2 amide bonds. The summed E-state index contributed by atoms with van der Waals surface area (Å²) in [5, 5.41) is 12.5. The van der Waals surface area contributed by atoms with E-state index in [0.717, 1.165) is 11.1 Å². The van der Waals surface area contributed by atoms with Gasteiger partial charge in [-0.25, -0.2) is 4.79 Å². The van der Waals surface area contributed by atoms with Crippen LogP contribution in [0.2, 0.25) is 0 Å². The molecule has 0 aliphatic carbocycles. The number of hydrogen-bond acceptors (Lipinski definition) is 6. The summed E-state index contributed by atoms with van der Waals surface area (Å²) < 4.78 is 6.03. The monoisotopic (exact) mass is 510 g/mol. The van der Waals surface area contributed by atoms with E-state index < -0.39 is 12.2 Å². The molecule has 4 N–H and O–H groups in total. The number of ether oxygens (including phenoxy) is 1. The minimum absolute atomic E-state index is 0.0954. The van der Waals surface area contributed by atoms with Crippen molar-refractivity contribution in [3.8, 4) is 0 Å². The van der Waals surface area contributed by atoms with E-state index in [9.17, 15) is 14.7 Å². The van der Waals surface area contributed by atoms with Crippen LogP contribution in [0.5, 0.6) is 0 Å². The minimum atomic E-state index is -0.729. The second kappa shape index (κ2) is 12.5. The van der Waals surface area contributed by atoms with Gasteiger partial charge in [-0.1, -0.05) is 60.7 Å². The molecule has 4 rings (SSSR count). The third-order valence-electron chi connectivity index (χ3n) is 6.22. The first-order valence-electron chi connectivity index (χ1n) is 12.3. The molecule has 194 valence electrons. The number of nitrogens with zero attached hydrogens (tertiary/aromatic N) is 2. The molecule has 0 saturated heterocycles. The van der Waals surface area contributed by atoms with E-state index in [0.29, 0.717) is 22.5 Å². The van der Waals surface area contributed by atoms with E-state index in [1.54, 1.807) is 67.0 Å². The van der Waals surface area contributed by atoms with Gasteiger partial charge in [0, 0.05) is 24.5 Å². The standard InChI is InChI=1S/C30H30N4O4/c1-21(25-10-7-17-32-20-25)34(18-19-35)30(37)38-28(22-8-3-2-4-9-22)23-13-15-24(16-14-23)29(36)33-27-12-6-5-11-26(27)31/h2-17,20-21,28,35H,18-19,31H2,1H3,(H,33,36)/t21-,28+/m0/s1. The molecular weight excluding hydrogens is 480 g/mol. The number of para-hydroxylation sites is 2. The highest BCUT2D eigenvalue weighted by atomic mass is 16.6. The summed E-state index contributed by atoms with van der Waals surface area (Å²) in [6, 6.07) is 26.6. The number of aliphatic hydroxyl groups excluding tert-OH is 1. The first-order chi connectivity index (χ1) is 18.5. The highest BCUT2D eigenvalue weighted by molar-refractivity contribution is 6.05. The first-order valence-corrected chi connectivity index (χ1v) is 12.3. The van der Waals surface area contributed by atoms with Crippen LogP contribution < -0.4 is 11.1 Å². The topological polar surface area (TPSA) is 118 Å². The van der Waals surface area contributed by atoms with Crippen molar-refractivity contribution < 1.29 is 19.4 Å². The van der Waals surface area contributed by atoms with Crippen LogP contribution in [0, 0.1) is 0 Å². The van der Waals surface area contributed by atoms with E-state index in [1.165, 1.54) is 4.90 Å². The lowest BCUT2D eigenvalue weighted by Gasteiger charge is -2.30. The predicted octanol–water partition coefficient (Wildman–Crippen LogP) is 5.20. The number of aromatic nitrogens is 1. The molecule has 8 heteroatoms. The Bertz CT molecular complexity index is 1350. The van der Waals surface area contributed by atoms with Crippen molar-refractivity contribution in [3.63, 3.8) is 0 Å². The van der Waals surface area contributed by atoms with E-state index in [4.69, 9.17) is 10.5 Å². The SMILES string of the molecule is C[C@@H](c1cccnc1)N(CCO)C(=O)O[C@H](c1ccccc1)c1ccc(C(=O)Nc2ccccc2N)cc1. The van der Waals surface area contributed by atoms with Gasteiger partial charge < -0.3 is 20.9 Å². The molecule has 0 saturated carbocycles. The van der Waals surface area contributed by atoms with Crippen LogP contribution in [0.25, 0.3) is 0 Å². The van der Waals surface area contributed by atoms with Crippen LogP contribution in [0.3, 0.4) is 0 Å². The lowest BCUT2D eigenvalue weighted by Crippen LogP contribution is -2.37. The van der Waals surface area contributed by atoms with Crippen LogP contribution >= 0.6 is 0 Å². The van der Waals surface area contributed by atoms with Crippen molar-refractivity contribution in [2.24, 2.45) is 0 Å². The molecule has 2 atom stereocenters. The maximum absolute atomic E-state index is 13.4. The summed E-state index contributed by atoms with van der Waals surface area (Å²) in [6.45, 7) is 1.74. The zero-order valence-electron chi connectivity index (χ0n) is 21.0. The number of anilines is 2. The summed E-state index contributed by atoms with van der Waals surface area (Å²) in [5.74, 6) is -0.304. The Morgan fingerprint density at radius 2 is 1.58 bits per heavy atom. The number of nitrogens with one attached hydrogen (secondary N) is 1. The molecular formula is C30H30N4O4. The van der Waals surface area contributed by atoms with Crippen molar-refractivity contribution in [2.75, 3.05) is 24.2 Å². The number of nitrogens with two attached hydrogens (primary N) is 1. The molecule has 0 unspecified atom stereocenters. The van der Waals surface area contributed by atoms with Crippen molar-refractivity contribution >= 4 is 23.4 Å². The lowest BCUT2D eigenvalue weighted by molar-refractivity contribution is 0.0587. The fourth-order valence-corrected chi connectivity index (χ4v) is 4.09.